The molecule has 168 valence electrons. The molecule has 3 rings (SSSR count). The number of amides is 1. The minimum absolute atomic E-state index is 0.0252. The molecule has 1 aliphatic carbocycles. The van der Waals surface area contributed by atoms with E-state index in [2.05, 4.69) is 34.6 Å². The van der Waals surface area contributed by atoms with Crippen molar-refractivity contribution in [1.29, 1.82) is 0 Å². The van der Waals surface area contributed by atoms with Crippen molar-refractivity contribution in [1.82, 2.24) is 20.5 Å². The lowest BCUT2D eigenvalue weighted by Gasteiger charge is -2.27. The molecule has 3 N–H and O–H groups in total. The van der Waals surface area contributed by atoms with E-state index in [0.717, 1.165) is 44.9 Å². The van der Waals surface area contributed by atoms with Gasteiger partial charge in [-0.15, -0.1) is 0 Å². The summed E-state index contributed by atoms with van der Waals surface area (Å²) in [5.74, 6) is -0.146. The summed E-state index contributed by atoms with van der Waals surface area (Å²) < 4.78 is 27.5. The molecule has 2 fully saturated rings. The smallest absolute Gasteiger partial charge is 0.238 e. The molecule has 2 atom stereocenters. The molecule has 2 aliphatic rings. The molecule has 30 heavy (non-hydrogen) atoms. The van der Waals surface area contributed by atoms with Crippen molar-refractivity contribution in [2.24, 2.45) is 5.92 Å². The summed E-state index contributed by atoms with van der Waals surface area (Å²) in [7, 11) is -1.90. The zero-order valence-electron chi connectivity index (χ0n) is 18.1. The molecule has 7 nitrogen and oxygen atoms in total. The van der Waals surface area contributed by atoms with Crippen LogP contribution in [-0.4, -0.2) is 50.7 Å². The fourth-order valence-electron chi connectivity index (χ4n) is 4.36. The second kappa shape index (κ2) is 10.7. The summed E-state index contributed by atoms with van der Waals surface area (Å²) in [5.41, 5.74) is 7.94. The Hall–Kier alpha value is -1.48. The van der Waals surface area contributed by atoms with Crippen molar-refractivity contribution in [2.75, 3.05) is 19.3 Å². The molecule has 0 aromatic heterocycles. The first-order valence-corrected chi connectivity index (χ1v) is 12.8. The van der Waals surface area contributed by atoms with Gasteiger partial charge in [-0.1, -0.05) is 37.3 Å². The first-order chi connectivity index (χ1) is 14.3. The zero-order valence-corrected chi connectivity index (χ0v) is 19.0. The highest BCUT2D eigenvalue weighted by Crippen LogP contribution is 2.24. The number of hydrazine groups is 1. The maximum atomic E-state index is 12.4. The molecule has 8 heteroatoms. The van der Waals surface area contributed by atoms with Gasteiger partial charge in [-0.3, -0.25) is 15.6 Å². The standard InChI is InChI=1S/C22H36N4O3S/c1-17-10-12-19(13-11-17)25-30(28,29)16-22(27)26(2)14-6-9-20-15-21(24-23-20)18-7-4-3-5-8-18/h3-5,7-8,17,19-21,23-25H,6,9-16H2,1-2H3. The van der Waals surface area contributed by atoms with Crippen LogP contribution in [0.5, 0.6) is 0 Å². The SMILES string of the molecule is CC1CCC(NS(=O)(=O)CC(=O)N(C)CCCC2CC(c3ccccc3)NN2)CC1. The second-order valence-electron chi connectivity index (χ2n) is 8.98. The van der Waals surface area contributed by atoms with Crippen LogP contribution in [0.15, 0.2) is 30.3 Å². The largest absolute Gasteiger partial charge is 0.345 e. The number of carbonyl (C=O) groups excluding carboxylic acids is 1. The number of hydrogen-bond donors (Lipinski definition) is 3. The quantitative estimate of drug-likeness (QED) is 0.553. The average Bonchev–Trinajstić information content (AvgIpc) is 3.19. The minimum Gasteiger partial charge on any atom is -0.345 e. The fraction of sp³-hybridized carbons (Fsp3) is 0.682. The number of sulfonamides is 1. The third-order valence-electron chi connectivity index (χ3n) is 6.33. The van der Waals surface area contributed by atoms with E-state index in [1.807, 2.05) is 18.2 Å². The van der Waals surface area contributed by atoms with Crippen molar-refractivity contribution >= 4 is 15.9 Å². The molecule has 2 unspecified atom stereocenters. The van der Waals surface area contributed by atoms with E-state index in [1.165, 1.54) is 5.56 Å². The van der Waals surface area contributed by atoms with Gasteiger partial charge in [0.25, 0.3) is 0 Å². The fourth-order valence-corrected chi connectivity index (χ4v) is 5.73. The lowest BCUT2D eigenvalue weighted by molar-refractivity contribution is -0.127. The Morgan fingerprint density at radius 3 is 2.53 bits per heavy atom. The van der Waals surface area contributed by atoms with Gasteiger partial charge in [0.05, 0.1) is 0 Å². The molecular formula is C22H36N4O3S. The van der Waals surface area contributed by atoms with Crippen molar-refractivity contribution in [2.45, 2.75) is 70.0 Å². The molecule has 1 aliphatic heterocycles. The number of hydrogen-bond acceptors (Lipinski definition) is 5. The van der Waals surface area contributed by atoms with Gasteiger partial charge in [-0.25, -0.2) is 13.1 Å². The highest BCUT2D eigenvalue weighted by molar-refractivity contribution is 7.90. The summed E-state index contributed by atoms with van der Waals surface area (Å²) in [4.78, 5) is 13.9. The van der Waals surface area contributed by atoms with Crippen LogP contribution in [0, 0.1) is 5.92 Å². The third kappa shape index (κ3) is 7.04. The molecule has 1 amide bonds. The van der Waals surface area contributed by atoms with Gasteiger partial charge in [0, 0.05) is 31.7 Å². The maximum Gasteiger partial charge on any atom is 0.238 e. The van der Waals surface area contributed by atoms with Gasteiger partial charge < -0.3 is 4.90 Å². The Morgan fingerprint density at radius 1 is 1.13 bits per heavy atom. The number of benzene rings is 1. The van der Waals surface area contributed by atoms with Gasteiger partial charge in [0.2, 0.25) is 15.9 Å². The Balaban J connectivity index is 1.35. The van der Waals surface area contributed by atoms with Crippen molar-refractivity contribution in [3.8, 4) is 0 Å². The summed E-state index contributed by atoms with van der Waals surface area (Å²) >= 11 is 0. The second-order valence-corrected chi connectivity index (χ2v) is 10.7. The van der Waals surface area contributed by atoms with E-state index in [4.69, 9.17) is 0 Å². The lowest BCUT2D eigenvalue weighted by atomic mass is 9.88. The zero-order chi connectivity index (χ0) is 21.6. The highest BCUT2D eigenvalue weighted by atomic mass is 32.2. The van der Waals surface area contributed by atoms with Crippen LogP contribution < -0.4 is 15.6 Å². The molecule has 1 saturated carbocycles. The Kier molecular flexibility index (Phi) is 8.27. The van der Waals surface area contributed by atoms with E-state index in [0.29, 0.717) is 24.5 Å². The van der Waals surface area contributed by atoms with Gasteiger partial charge in [-0.2, -0.15) is 0 Å². The molecule has 0 bridgehead atoms. The van der Waals surface area contributed by atoms with Gasteiger partial charge >= 0.3 is 0 Å². The summed E-state index contributed by atoms with van der Waals surface area (Å²) in [6.45, 7) is 2.76. The topological polar surface area (TPSA) is 90.5 Å². The average molecular weight is 437 g/mol. The molecule has 1 aromatic rings. The van der Waals surface area contributed by atoms with Gasteiger partial charge in [0.1, 0.15) is 5.75 Å². The maximum absolute atomic E-state index is 12.4. The number of nitrogens with one attached hydrogen (secondary N) is 3. The predicted molar refractivity (Wildman–Crippen MR) is 119 cm³/mol. The Bertz CT molecular complexity index is 779. The van der Waals surface area contributed by atoms with Crippen LogP contribution in [0.1, 0.15) is 63.5 Å². The number of nitrogens with zero attached hydrogens (tertiary/aromatic N) is 1. The van der Waals surface area contributed by atoms with E-state index in [-0.39, 0.29) is 11.9 Å². The summed E-state index contributed by atoms with van der Waals surface area (Å²) in [5, 5.41) is 0. The van der Waals surface area contributed by atoms with Crippen LogP contribution in [0.25, 0.3) is 0 Å². The van der Waals surface area contributed by atoms with Crippen molar-refractivity contribution < 1.29 is 13.2 Å². The van der Waals surface area contributed by atoms with E-state index in [1.54, 1.807) is 11.9 Å². The van der Waals surface area contributed by atoms with Crippen molar-refractivity contribution in [3.05, 3.63) is 35.9 Å². The van der Waals surface area contributed by atoms with Crippen LogP contribution >= 0.6 is 0 Å². The molecule has 1 heterocycles. The normalized spacial score (nSPS) is 27.1. The van der Waals surface area contributed by atoms with Crippen LogP contribution in [0.4, 0.5) is 0 Å². The predicted octanol–water partition coefficient (Wildman–Crippen LogP) is 2.33. The molecule has 1 saturated heterocycles. The van der Waals surface area contributed by atoms with Gasteiger partial charge in [-0.05, 0) is 56.4 Å². The molecule has 1 aromatic carbocycles. The van der Waals surface area contributed by atoms with E-state index in [9.17, 15) is 13.2 Å². The molecular weight excluding hydrogens is 400 g/mol. The third-order valence-corrected chi connectivity index (χ3v) is 7.65. The highest BCUT2D eigenvalue weighted by Gasteiger charge is 2.27. The number of rotatable bonds is 9. The van der Waals surface area contributed by atoms with E-state index < -0.39 is 15.8 Å². The first-order valence-electron chi connectivity index (χ1n) is 11.1. The monoisotopic (exact) mass is 436 g/mol. The van der Waals surface area contributed by atoms with Crippen molar-refractivity contribution in [3.63, 3.8) is 0 Å². The molecule has 0 spiro atoms. The summed E-state index contributed by atoms with van der Waals surface area (Å²) in [6, 6.07) is 11.0. The minimum atomic E-state index is -3.59. The Morgan fingerprint density at radius 2 is 1.83 bits per heavy atom. The van der Waals surface area contributed by atoms with Crippen LogP contribution in [0.2, 0.25) is 0 Å². The van der Waals surface area contributed by atoms with E-state index >= 15 is 0 Å². The van der Waals surface area contributed by atoms with Crippen LogP contribution in [-0.2, 0) is 14.8 Å². The van der Waals surface area contributed by atoms with Crippen LogP contribution in [0.3, 0.4) is 0 Å². The Labute approximate surface area is 181 Å². The first kappa shape index (κ1) is 23.2. The summed E-state index contributed by atoms with van der Waals surface area (Å²) in [6.07, 6.45) is 6.55. The number of carbonyl (C=O) groups is 1. The molecule has 0 radical (unpaired) electrons. The van der Waals surface area contributed by atoms with Gasteiger partial charge in [0.15, 0.2) is 0 Å². The lowest BCUT2D eigenvalue weighted by Crippen LogP contribution is -2.43.